The lowest BCUT2D eigenvalue weighted by Gasteiger charge is -2.39. The minimum atomic E-state index is -3.54. The largest absolute Gasteiger partial charge is 0.481 e. The molecule has 1 atom stereocenters. The number of piperidine rings is 1. The zero-order valence-corrected chi connectivity index (χ0v) is 12.4. The Hall–Kier alpha value is -1.11. The Morgan fingerprint density at radius 2 is 1.89 bits per heavy atom. The second kappa shape index (κ2) is 5.48. The number of amides is 1. The molecular weight excluding hydrogens is 270 g/mol. The zero-order valence-electron chi connectivity index (χ0n) is 11.5. The monoisotopic (exact) mass is 291 g/mol. The average Bonchev–Trinajstić information content (AvgIpc) is 2.26. The molecule has 0 saturated carbocycles. The van der Waals surface area contributed by atoms with Crippen LogP contribution in [0.4, 0.5) is 0 Å². The maximum atomic E-state index is 12.4. The van der Waals surface area contributed by atoms with E-state index < -0.39 is 32.5 Å². The summed E-state index contributed by atoms with van der Waals surface area (Å²) in [5.41, 5.74) is 0. The summed E-state index contributed by atoms with van der Waals surface area (Å²) in [7, 11) is -3.54. The second-order valence-corrected chi connectivity index (χ2v) is 8.09. The molecule has 0 aromatic rings. The van der Waals surface area contributed by atoms with Crippen LogP contribution in [0.15, 0.2) is 0 Å². The van der Waals surface area contributed by atoms with Gasteiger partial charge in [0.15, 0.2) is 9.84 Å². The molecule has 6 nitrogen and oxygen atoms in total. The Labute approximate surface area is 113 Å². The van der Waals surface area contributed by atoms with E-state index >= 15 is 0 Å². The molecule has 0 aromatic heterocycles. The Morgan fingerprint density at radius 3 is 2.37 bits per heavy atom. The van der Waals surface area contributed by atoms with Gasteiger partial charge in [-0.3, -0.25) is 9.59 Å². The summed E-state index contributed by atoms with van der Waals surface area (Å²) < 4.78 is 21.9. The number of hydrogen-bond donors (Lipinski definition) is 1. The van der Waals surface area contributed by atoms with Crippen LogP contribution in [-0.2, 0) is 19.4 Å². The van der Waals surface area contributed by atoms with Gasteiger partial charge < -0.3 is 10.0 Å². The lowest BCUT2D eigenvalue weighted by Crippen LogP contribution is -2.55. The standard InChI is InChI=1S/C12H21NO5S/c1-12(2,19(3,17)18)11(16)13-7-5-4-6-9(13)8-10(14)15/h9H,4-8H2,1-3H3,(H,14,15). The number of aliphatic carboxylic acids is 1. The fraction of sp³-hybridized carbons (Fsp3) is 0.833. The number of carboxylic acid groups (broad SMARTS) is 1. The second-order valence-electron chi connectivity index (χ2n) is 5.53. The highest BCUT2D eigenvalue weighted by Crippen LogP contribution is 2.26. The highest BCUT2D eigenvalue weighted by Gasteiger charge is 2.43. The smallest absolute Gasteiger partial charge is 0.305 e. The molecule has 0 bridgehead atoms. The molecule has 1 aliphatic heterocycles. The van der Waals surface area contributed by atoms with Crippen LogP contribution in [0.5, 0.6) is 0 Å². The SMILES string of the molecule is CC(C)(C(=O)N1CCCCC1CC(=O)O)S(C)(=O)=O. The van der Waals surface area contributed by atoms with Crippen LogP contribution in [0.2, 0.25) is 0 Å². The third-order valence-corrected chi connectivity index (χ3v) is 5.77. The van der Waals surface area contributed by atoms with Gasteiger partial charge >= 0.3 is 5.97 Å². The first-order chi connectivity index (χ1) is 8.57. The first-order valence-corrected chi connectivity index (χ1v) is 8.19. The van der Waals surface area contributed by atoms with Crippen molar-refractivity contribution in [3.63, 3.8) is 0 Å². The molecule has 0 radical (unpaired) electrons. The highest BCUT2D eigenvalue weighted by molar-refractivity contribution is 7.92. The van der Waals surface area contributed by atoms with Crippen LogP contribution in [0.25, 0.3) is 0 Å². The first-order valence-electron chi connectivity index (χ1n) is 6.30. The topological polar surface area (TPSA) is 91.8 Å². The number of carbonyl (C=O) groups is 2. The van der Waals surface area contributed by atoms with Gasteiger partial charge in [-0.15, -0.1) is 0 Å². The number of carboxylic acids is 1. The molecule has 1 unspecified atom stereocenters. The molecule has 0 spiro atoms. The zero-order chi connectivity index (χ0) is 14.8. The molecule has 1 rings (SSSR count). The van der Waals surface area contributed by atoms with Gasteiger partial charge in [0.2, 0.25) is 5.91 Å². The Bertz CT molecular complexity index is 469. The molecular formula is C12H21NO5S. The van der Waals surface area contributed by atoms with E-state index in [0.29, 0.717) is 13.0 Å². The molecule has 1 aliphatic rings. The van der Waals surface area contributed by atoms with Gasteiger partial charge in [-0.25, -0.2) is 8.42 Å². The lowest BCUT2D eigenvalue weighted by atomic mass is 9.97. The molecule has 110 valence electrons. The maximum Gasteiger partial charge on any atom is 0.305 e. The predicted octanol–water partition coefficient (Wildman–Crippen LogP) is 0.665. The van der Waals surface area contributed by atoms with E-state index in [-0.39, 0.29) is 6.42 Å². The van der Waals surface area contributed by atoms with E-state index in [2.05, 4.69) is 0 Å². The van der Waals surface area contributed by atoms with Crippen molar-refractivity contribution in [2.45, 2.75) is 50.3 Å². The summed E-state index contributed by atoms with van der Waals surface area (Å²) in [6, 6.07) is -0.403. The lowest BCUT2D eigenvalue weighted by molar-refractivity contribution is -0.142. The maximum absolute atomic E-state index is 12.4. The van der Waals surface area contributed by atoms with Gasteiger partial charge in [0.25, 0.3) is 0 Å². The van der Waals surface area contributed by atoms with E-state index in [1.807, 2.05) is 0 Å². The minimum absolute atomic E-state index is 0.133. The number of likely N-dealkylation sites (tertiary alicyclic amines) is 1. The van der Waals surface area contributed by atoms with Crippen molar-refractivity contribution in [2.75, 3.05) is 12.8 Å². The van der Waals surface area contributed by atoms with Crippen LogP contribution in [0.1, 0.15) is 39.5 Å². The number of sulfone groups is 1. The van der Waals surface area contributed by atoms with Gasteiger partial charge in [-0.1, -0.05) is 0 Å². The summed E-state index contributed by atoms with van der Waals surface area (Å²) in [6.07, 6.45) is 3.15. The molecule has 0 aliphatic carbocycles. The summed E-state index contributed by atoms with van der Waals surface area (Å²) >= 11 is 0. The molecule has 1 saturated heterocycles. The molecule has 19 heavy (non-hydrogen) atoms. The fourth-order valence-corrected chi connectivity index (χ4v) is 2.62. The van der Waals surface area contributed by atoms with Crippen LogP contribution in [0, 0.1) is 0 Å². The molecule has 1 fully saturated rings. The summed E-state index contributed by atoms with van der Waals surface area (Å²) in [6.45, 7) is 3.17. The van der Waals surface area contributed by atoms with Crippen molar-refractivity contribution in [2.24, 2.45) is 0 Å². The van der Waals surface area contributed by atoms with Crippen molar-refractivity contribution in [3.8, 4) is 0 Å². The molecule has 7 heteroatoms. The van der Waals surface area contributed by atoms with Crippen molar-refractivity contribution < 1.29 is 23.1 Å². The number of rotatable bonds is 4. The van der Waals surface area contributed by atoms with E-state index in [0.717, 1.165) is 19.1 Å². The third kappa shape index (κ3) is 3.46. The Kier molecular flexibility index (Phi) is 4.60. The predicted molar refractivity (Wildman–Crippen MR) is 70.5 cm³/mol. The van der Waals surface area contributed by atoms with Gasteiger partial charge in [0.1, 0.15) is 4.75 Å². The van der Waals surface area contributed by atoms with Crippen LogP contribution in [0.3, 0.4) is 0 Å². The molecule has 1 heterocycles. The van der Waals surface area contributed by atoms with Crippen LogP contribution in [-0.4, -0.2) is 53.9 Å². The quantitative estimate of drug-likeness (QED) is 0.821. The van der Waals surface area contributed by atoms with Crippen molar-refractivity contribution >= 4 is 21.7 Å². The van der Waals surface area contributed by atoms with Crippen LogP contribution >= 0.6 is 0 Å². The van der Waals surface area contributed by atoms with E-state index in [1.54, 1.807) is 0 Å². The van der Waals surface area contributed by atoms with Gasteiger partial charge in [0, 0.05) is 18.8 Å². The van der Waals surface area contributed by atoms with Crippen molar-refractivity contribution in [3.05, 3.63) is 0 Å². The highest BCUT2D eigenvalue weighted by atomic mass is 32.2. The van der Waals surface area contributed by atoms with Gasteiger partial charge in [-0.05, 0) is 33.1 Å². The molecule has 1 amide bonds. The Balaban J connectivity index is 2.98. The third-order valence-electron chi connectivity index (χ3n) is 3.74. The molecule has 0 aromatic carbocycles. The van der Waals surface area contributed by atoms with Gasteiger partial charge in [0.05, 0.1) is 6.42 Å². The van der Waals surface area contributed by atoms with Crippen molar-refractivity contribution in [1.29, 1.82) is 0 Å². The summed E-state index contributed by atoms with van der Waals surface area (Å²) in [5.74, 6) is -1.47. The normalized spacial score (nSPS) is 21.2. The summed E-state index contributed by atoms with van der Waals surface area (Å²) in [5, 5.41) is 8.87. The first kappa shape index (κ1) is 15.9. The minimum Gasteiger partial charge on any atom is -0.481 e. The number of carbonyl (C=O) groups excluding carboxylic acids is 1. The number of hydrogen-bond acceptors (Lipinski definition) is 4. The van der Waals surface area contributed by atoms with E-state index in [1.165, 1.54) is 18.7 Å². The van der Waals surface area contributed by atoms with Gasteiger partial charge in [-0.2, -0.15) is 0 Å². The summed E-state index contributed by atoms with van der Waals surface area (Å²) in [4.78, 5) is 24.7. The van der Waals surface area contributed by atoms with Crippen LogP contribution < -0.4 is 0 Å². The number of nitrogens with zero attached hydrogens (tertiary/aromatic N) is 1. The van der Waals surface area contributed by atoms with E-state index in [4.69, 9.17) is 5.11 Å². The average molecular weight is 291 g/mol. The van der Waals surface area contributed by atoms with Crippen molar-refractivity contribution in [1.82, 2.24) is 4.90 Å². The Morgan fingerprint density at radius 1 is 1.32 bits per heavy atom. The molecule has 1 N–H and O–H groups in total. The van der Waals surface area contributed by atoms with E-state index in [9.17, 15) is 18.0 Å². The fourth-order valence-electron chi connectivity index (χ4n) is 2.19.